The number of benzene rings is 3. The maximum Gasteiger partial charge on any atom is 0.387 e. The van der Waals surface area contributed by atoms with Crippen molar-refractivity contribution in [2.24, 2.45) is 0 Å². The molecule has 0 aliphatic carbocycles. The van der Waals surface area contributed by atoms with Gasteiger partial charge in [0.15, 0.2) is 0 Å². The van der Waals surface area contributed by atoms with Gasteiger partial charge in [-0.05, 0) is 29.8 Å². The normalized spacial score (nSPS) is 10.6. The molecule has 0 aromatic heterocycles. The van der Waals surface area contributed by atoms with Crippen LogP contribution in [0.2, 0.25) is 0 Å². The molecule has 0 aliphatic rings. The number of ether oxygens (including phenoxy) is 2. The minimum atomic E-state index is -2.92. The lowest BCUT2D eigenvalue weighted by Gasteiger charge is -2.14. The molecule has 1 N–H and O–H groups in total. The van der Waals surface area contributed by atoms with E-state index in [1.54, 1.807) is 25.3 Å². The summed E-state index contributed by atoms with van der Waals surface area (Å²) in [5.74, 6) is 0.488. The number of nitrogens with one attached hydrogen (secondary N) is 1. The molecule has 3 aromatic rings. The molecule has 0 unspecified atom stereocenters. The van der Waals surface area contributed by atoms with Gasteiger partial charge in [0, 0.05) is 23.2 Å². The summed E-state index contributed by atoms with van der Waals surface area (Å²) in [6.07, 6.45) is 0.534. The molecule has 0 atom stereocenters. The summed E-state index contributed by atoms with van der Waals surface area (Å²) >= 11 is 0. The standard InChI is InChI=1S/C23H21F2NO3/c1-28-20-10-6-5-9-17(20)15-22(27)26-19-11-12-21(29-23(24)25)18(14-19)13-16-7-3-2-4-8-16/h2-12,14,23H,13,15H2,1H3,(H,26,27). The molecule has 0 bridgehead atoms. The summed E-state index contributed by atoms with van der Waals surface area (Å²) in [4.78, 5) is 12.5. The Morgan fingerprint density at radius 1 is 0.931 bits per heavy atom. The molecule has 1 amide bonds. The smallest absolute Gasteiger partial charge is 0.387 e. The summed E-state index contributed by atoms with van der Waals surface area (Å²) in [6, 6.07) is 21.4. The molecule has 0 fully saturated rings. The van der Waals surface area contributed by atoms with E-state index in [9.17, 15) is 13.6 Å². The highest BCUT2D eigenvalue weighted by Crippen LogP contribution is 2.27. The second-order valence-corrected chi connectivity index (χ2v) is 6.40. The summed E-state index contributed by atoms with van der Waals surface area (Å²) in [5.41, 5.74) is 2.78. The SMILES string of the molecule is COc1ccccc1CC(=O)Nc1ccc(OC(F)F)c(Cc2ccccc2)c1. The summed E-state index contributed by atoms with van der Waals surface area (Å²) in [6.45, 7) is -2.92. The first-order chi connectivity index (χ1) is 14.0. The number of rotatable bonds is 8. The monoisotopic (exact) mass is 397 g/mol. The minimum absolute atomic E-state index is 0.0894. The van der Waals surface area contributed by atoms with Crippen LogP contribution in [0.1, 0.15) is 16.7 Å². The van der Waals surface area contributed by atoms with Crippen LogP contribution >= 0.6 is 0 Å². The van der Waals surface area contributed by atoms with Crippen molar-refractivity contribution in [3.63, 3.8) is 0 Å². The quantitative estimate of drug-likeness (QED) is 0.577. The predicted octanol–water partition coefficient (Wildman–Crippen LogP) is 5.07. The highest BCUT2D eigenvalue weighted by molar-refractivity contribution is 5.92. The number of amides is 1. The number of hydrogen-bond acceptors (Lipinski definition) is 3. The van der Waals surface area contributed by atoms with Gasteiger partial charge in [-0.2, -0.15) is 8.78 Å². The van der Waals surface area contributed by atoms with Gasteiger partial charge in [0.25, 0.3) is 0 Å². The average Bonchev–Trinajstić information content (AvgIpc) is 2.71. The highest BCUT2D eigenvalue weighted by Gasteiger charge is 2.13. The predicted molar refractivity (Wildman–Crippen MR) is 108 cm³/mol. The number of alkyl halides is 2. The molecule has 150 valence electrons. The first kappa shape index (κ1) is 20.3. The van der Waals surface area contributed by atoms with E-state index in [4.69, 9.17) is 4.74 Å². The third kappa shape index (κ3) is 5.78. The Labute approximate surface area is 168 Å². The number of carbonyl (C=O) groups excluding carboxylic acids is 1. The van der Waals surface area contributed by atoms with Gasteiger partial charge in [0.2, 0.25) is 5.91 Å². The second kappa shape index (κ2) is 9.68. The summed E-state index contributed by atoms with van der Waals surface area (Å²) in [7, 11) is 1.55. The molecule has 0 aliphatic heterocycles. The van der Waals surface area contributed by atoms with Crippen LogP contribution in [0.25, 0.3) is 0 Å². The van der Waals surface area contributed by atoms with E-state index in [0.717, 1.165) is 11.1 Å². The van der Waals surface area contributed by atoms with Gasteiger partial charge >= 0.3 is 6.61 Å². The van der Waals surface area contributed by atoms with E-state index in [2.05, 4.69) is 10.1 Å². The molecular weight excluding hydrogens is 376 g/mol. The molecule has 4 nitrogen and oxygen atoms in total. The van der Waals surface area contributed by atoms with E-state index in [0.29, 0.717) is 23.4 Å². The molecule has 0 radical (unpaired) electrons. The van der Waals surface area contributed by atoms with Crippen molar-refractivity contribution in [1.29, 1.82) is 0 Å². The number of halogens is 2. The molecule has 29 heavy (non-hydrogen) atoms. The van der Waals surface area contributed by atoms with Crippen LogP contribution in [0.15, 0.2) is 72.8 Å². The first-order valence-corrected chi connectivity index (χ1v) is 9.08. The van der Waals surface area contributed by atoms with Crippen molar-refractivity contribution in [2.75, 3.05) is 12.4 Å². The van der Waals surface area contributed by atoms with E-state index in [1.807, 2.05) is 48.5 Å². The number of carbonyl (C=O) groups is 1. The van der Waals surface area contributed by atoms with Crippen LogP contribution < -0.4 is 14.8 Å². The van der Waals surface area contributed by atoms with Gasteiger partial charge in [0.05, 0.1) is 13.5 Å². The number of hydrogen-bond donors (Lipinski definition) is 1. The van der Waals surface area contributed by atoms with Gasteiger partial charge < -0.3 is 14.8 Å². The highest BCUT2D eigenvalue weighted by atomic mass is 19.3. The Hall–Kier alpha value is -3.41. The van der Waals surface area contributed by atoms with E-state index < -0.39 is 6.61 Å². The van der Waals surface area contributed by atoms with Crippen molar-refractivity contribution in [3.8, 4) is 11.5 Å². The molecule has 0 heterocycles. The lowest BCUT2D eigenvalue weighted by molar-refractivity contribution is -0.115. The fraction of sp³-hybridized carbons (Fsp3) is 0.174. The van der Waals surface area contributed by atoms with Crippen LogP contribution in [0.5, 0.6) is 11.5 Å². The third-order valence-electron chi connectivity index (χ3n) is 4.34. The van der Waals surface area contributed by atoms with Crippen LogP contribution in [-0.2, 0) is 17.6 Å². The van der Waals surface area contributed by atoms with Gasteiger partial charge in [-0.15, -0.1) is 0 Å². The maximum absolute atomic E-state index is 12.8. The number of anilines is 1. The van der Waals surface area contributed by atoms with Crippen molar-refractivity contribution in [3.05, 3.63) is 89.5 Å². The Morgan fingerprint density at radius 3 is 2.38 bits per heavy atom. The number of methoxy groups -OCH3 is 1. The zero-order chi connectivity index (χ0) is 20.6. The Bertz CT molecular complexity index is 961. The second-order valence-electron chi connectivity index (χ2n) is 6.40. The lowest BCUT2D eigenvalue weighted by atomic mass is 10.0. The summed E-state index contributed by atoms with van der Waals surface area (Å²) < 4.78 is 35.4. The maximum atomic E-state index is 12.8. The van der Waals surface area contributed by atoms with Crippen molar-refractivity contribution < 1.29 is 23.0 Å². The van der Waals surface area contributed by atoms with Gasteiger partial charge in [-0.1, -0.05) is 48.5 Å². The largest absolute Gasteiger partial charge is 0.496 e. The molecule has 3 aromatic carbocycles. The fourth-order valence-electron chi connectivity index (χ4n) is 3.05. The molecule has 3 rings (SSSR count). The molecule has 0 saturated carbocycles. The Kier molecular flexibility index (Phi) is 6.79. The van der Waals surface area contributed by atoms with E-state index >= 15 is 0 Å². The molecular formula is C23H21F2NO3. The minimum Gasteiger partial charge on any atom is -0.496 e. The lowest BCUT2D eigenvalue weighted by Crippen LogP contribution is -2.15. The molecule has 6 heteroatoms. The number of para-hydroxylation sites is 1. The van der Waals surface area contributed by atoms with Crippen molar-refractivity contribution >= 4 is 11.6 Å². The van der Waals surface area contributed by atoms with Crippen LogP contribution in [0.4, 0.5) is 14.5 Å². The fourth-order valence-corrected chi connectivity index (χ4v) is 3.05. The Balaban J connectivity index is 1.78. The zero-order valence-corrected chi connectivity index (χ0v) is 15.9. The van der Waals surface area contributed by atoms with Crippen LogP contribution in [0.3, 0.4) is 0 Å². The molecule has 0 spiro atoms. The van der Waals surface area contributed by atoms with Crippen molar-refractivity contribution in [2.45, 2.75) is 19.5 Å². The van der Waals surface area contributed by atoms with Crippen LogP contribution in [-0.4, -0.2) is 19.6 Å². The van der Waals surface area contributed by atoms with Gasteiger partial charge in [-0.25, -0.2) is 0 Å². The third-order valence-corrected chi connectivity index (χ3v) is 4.34. The van der Waals surface area contributed by atoms with Crippen LogP contribution in [0, 0.1) is 0 Å². The van der Waals surface area contributed by atoms with Crippen molar-refractivity contribution in [1.82, 2.24) is 0 Å². The molecule has 0 saturated heterocycles. The zero-order valence-electron chi connectivity index (χ0n) is 15.9. The first-order valence-electron chi connectivity index (χ1n) is 9.08. The summed E-state index contributed by atoms with van der Waals surface area (Å²) in [5, 5.41) is 2.81. The van der Waals surface area contributed by atoms with E-state index in [-0.39, 0.29) is 18.1 Å². The van der Waals surface area contributed by atoms with E-state index in [1.165, 1.54) is 6.07 Å². The average molecular weight is 397 g/mol. The van der Waals surface area contributed by atoms with Gasteiger partial charge in [-0.3, -0.25) is 4.79 Å². The Morgan fingerprint density at radius 2 is 1.66 bits per heavy atom. The topological polar surface area (TPSA) is 47.6 Å². The van der Waals surface area contributed by atoms with Gasteiger partial charge in [0.1, 0.15) is 11.5 Å².